The van der Waals surface area contributed by atoms with Gasteiger partial charge in [0.2, 0.25) is 0 Å². The van der Waals surface area contributed by atoms with E-state index in [1.54, 1.807) is 0 Å². The third-order valence-corrected chi connectivity index (χ3v) is 4.41. The zero-order valence-corrected chi connectivity index (χ0v) is 12.1. The normalized spacial score (nSPS) is 12.9. The van der Waals surface area contributed by atoms with E-state index in [1.807, 2.05) is 13.8 Å². The Balaban J connectivity index is 2.49. The molecule has 1 aromatic carbocycles. The largest absolute Gasteiger partial charge is 0.398 e. The molecule has 0 aliphatic rings. The minimum Gasteiger partial charge on any atom is -0.398 e. The average molecular weight is 282 g/mol. The molecule has 1 atom stereocenters. The highest BCUT2D eigenvalue weighted by molar-refractivity contribution is 7.85. The topological polar surface area (TPSA) is 66.9 Å². The van der Waals surface area contributed by atoms with Gasteiger partial charge in [0.05, 0.1) is 27.2 Å². The van der Waals surface area contributed by atoms with E-state index in [1.165, 1.54) is 18.2 Å². The Morgan fingerprint density at radius 1 is 1.42 bits per heavy atom. The molecule has 0 aliphatic heterocycles. The summed E-state index contributed by atoms with van der Waals surface area (Å²) in [6.45, 7) is 3.77. The Morgan fingerprint density at radius 3 is 2.74 bits per heavy atom. The van der Waals surface area contributed by atoms with Crippen LogP contribution in [0.25, 0.3) is 0 Å². The van der Waals surface area contributed by atoms with Crippen molar-refractivity contribution in [3.63, 3.8) is 0 Å². The van der Waals surface area contributed by atoms with Crippen molar-refractivity contribution in [3.8, 4) is 6.07 Å². The van der Waals surface area contributed by atoms with Gasteiger partial charge in [-0.05, 0) is 44.9 Å². The van der Waals surface area contributed by atoms with Gasteiger partial charge in [0.1, 0.15) is 5.82 Å². The van der Waals surface area contributed by atoms with Crippen LogP contribution >= 0.6 is 0 Å². The predicted octanol–water partition coefficient (Wildman–Crippen LogP) is 3.24. The molecule has 19 heavy (non-hydrogen) atoms. The SMILES string of the molecule is CC(C)(C#N)CCCCS(=O)c1cc(F)ccc1N. The molecule has 2 N–H and O–H groups in total. The van der Waals surface area contributed by atoms with Crippen molar-refractivity contribution in [2.24, 2.45) is 5.41 Å². The summed E-state index contributed by atoms with van der Waals surface area (Å²) in [6.07, 6.45) is 2.31. The van der Waals surface area contributed by atoms with Crippen LogP contribution in [0.1, 0.15) is 33.1 Å². The highest BCUT2D eigenvalue weighted by Gasteiger charge is 2.16. The van der Waals surface area contributed by atoms with Crippen molar-refractivity contribution in [1.82, 2.24) is 0 Å². The quantitative estimate of drug-likeness (QED) is 0.643. The lowest BCUT2D eigenvalue weighted by Crippen LogP contribution is -2.08. The van der Waals surface area contributed by atoms with Crippen molar-refractivity contribution in [2.45, 2.75) is 38.0 Å². The smallest absolute Gasteiger partial charge is 0.124 e. The number of nitrogens with zero attached hydrogens (tertiary/aromatic N) is 1. The van der Waals surface area contributed by atoms with Crippen LogP contribution in [0.2, 0.25) is 0 Å². The summed E-state index contributed by atoms with van der Waals surface area (Å²) in [4.78, 5) is 0.361. The number of hydrogen-bond donors (Lipinski definition) is 1. The molecule has 0 bridgehead atoms. The summed E-state index contributed by atoms with van der Waals surface area (Å²) in [6, 6.07) is 6.15. The molecule has 0 aromatic heterocycles. The van der Waals surface area contributed by atoms with E-state index < -0.39 is 16.6 Å². The third-order valence-electron chi connectivity index (χ3n) is 2.91. The molecule has 0 saturated carbocycles. The molecule has 5 heteroatoms. The summed E-state index contributed by atoms with van der Waals surface area (Å²) in [5, 5.41) is 8.88. The van der Waals surface area contributed by atoms with Crippen LogP contribution < -0.4 is 5.73 Å². The Kier molecular flexibility index (Phi) is 5.49. The third kappa shape index (κ3) is 4.99. The van der Waals surface area contributed by atoms with E-state index in [0.717, 1.165) is 19.3 Å². The lowest BCUT2D eigenvalue weighted by molar-refractivity contribution is 0.432. The molecule has 0 amide bonds. The van der Waals surface area contributed by atoms with E-state index in [-0.39, 0.29) is 5.41 Å². The fourth-order valence-electron chi connectivity index (χ4n) is 1.67. The molecule has 104 valence electrons. The number of hydrogen-bond acceptors (Lipinski definition) is 3. The van der Waals surface area contributed by atoms with Crippen molar-refractivity contribution in [2.75, 3.05) is 11.5 Å². The molecule has 1 aromatic rings. The Labute approximate surface area is 116 Å². The van der Waals surface area contributed by atoms with Gasteiger partial charge in [-0.2, -0.15) is 5.26 Å². The molecular weight excluding hydrogens is 263 g/mol. The van der Waals surface area contributed by atoms with Crippen LogP contribution in [0.5, 0.6) is 0 Å². The molecule has 0 aliphatic carbocycles. The standard InChI is InChI=1S/C14H19FN2OS/c1-14(2,10-16)7-3-4-8-19(18)13-9-11(15)5-6-12(13)17/h5-6,9H,3-4,7-8,17H2,1-2H3. The minimum absolute atomic E-state index is 0.348. The second-order valence-electron chi connectivity index (χ2n) is 5.18. The number of unbranched alkanes of at least 4 members (excludes halogenated alkanes) is 1. The summed E-state index contributed by atoms with van der Waals surface area (Å²) in [7, 11) is -1.28. The highest BCUT2D eigenvalue weighted by atomic mass is 32.2. The molecular formula is C14H19FN2OS. The van der Waals surface area contributed by atoms with Crippen molar-refractivity contribution in [1.29, 1.82) is 5.26 Å². The van der Waals surface area contributed by atoms with Crippen LogP contribution in [0.3, 0.4) is 0 Å². The summed E-state index contributed by atoms with van der Waals surface area (Å²) >= 11 is 0. The van der Waals surface area contributed by atoms with E-state index >= 15 is 0 Å². The molecule has 3 nitrogen and oxygen atoms in total. The monoisotopic (exact) mass is 282 g/mol. The Morgan fingerprint density at radius 2 is 2.11 bits per heavy atom. The number of rotatable bonds is 6. The first-order chi connectivity index (χ1) is 8.85. The van der Waals surface area contributed by atoms with E-state index in [4.69, 9.17) is 11.0 Å². The van der Waals surface area contributed by atoms with E-state index in [2.05, 4.69) is 6.07 Å². The fourth-order valence-corrected chi connectivity index (χ4v) is 2.93. The maximum Gasteiger partial charge on any atom is 0.124 e. The Bertz CT molecular complexity index is 509. The maximum absolute atomic E-state index is 13.1. The number of benzene rings is 1. The lowest BCUT2D eigenvalue weighted by atomic mass is 9.89. The number of anilines is 1. The van der Waals surface area contributed by atoms with Gasteiger partial charge in [0.15, 0.2) is 0 Å². The second kappa shape index (κ2) is 6.67. The molecule has 0 spiro atoms. The molecule has 0 saturated heterocycles. The number of halogens is 1. The predicted molar refractivity (Wildman–Crippen MR) is 75.3 cm³/mol. The fraction of sp³-hybridized carbons (Fsp3) is 0.500. The number of nitrogens with two attached hydrogens (primary N) is 1. The van der Waals surface area contributed by atoms with Crippen molar-refractivity contribution in [3.05, 3.63) is 24.0 Å². The van der Waals surface area contributed by atoms with Crippen LogP contribution in [0.15, 0.2) is 23.1 Å². The van der Waals surface area contributed by atoms with Gasteiger partial charge < -0.3 is 5.73 Å². The zero-order valence-electron chi connectivity index (χ0n) is 11.3. The summed E-state index contributed by atoms with van der Waals surface area (Å²) < 4.78 is 25.1. The van der Waals surface area contributed by atoms with Crippen LogP contribution in [0.4, 0.5) is 10.1 Å². The van der Waals surface area contributed by atoms with Gasteiger partial charge in [0, 0.05) is 11.4 Å². The lowest BCUT2D eigenvalue weighted by Gasteiger charge is -2.14. The van der Waals surface area contributed by atoms with Gasteiger partial charge in [-0.15, -0.1) is 0 Å². The maximum atomic E-state index is 13.1. The Hall–Kier alpha value is -1.41. The summed E-state index contributed by atoms with van der Waals surface area (Å²) in [5.41, 5.74) is 5.69. The van der Waals surface area contributed by atoms with Crippen LogP contribution in [-0.4, -0.2) is 9.96 Å². The highest BCUT2D eigenvalue weighted by Crippen LogP contribution is 2.23. The van der Waals surface area contributed by atoms with Gasteiger partial charge in [0.25, 0.3) is 0 Å². The first kappa shape index (κ1) is 15.6. The van der Waals surface area contributed by atoms with Crippen molar-refractivity contribution < 1.29 is 8.60 Å². The van der Waals surface area contributed by atoms with Gasteiger partial charge in [-0.25, -0.2) is 4.39 Å². The second-order valence-corrected chi connectivity index (χ2v) is 6.72. The van der Waals surface area contributed by atoms with Gasteiger partial charge in [-0.1, -0.05) is 6.42 Å². The van der Waals surface area contributed by atoms with E-state index in [0.29, 0.717) is 16.3 Å². The number of nitriles is 1. The van der Waals surface area contributed by atoms with E-state index in [9.17, 15) is 8.60 Å². The van der Waals surface area contributed by atoms with Gasteiger partial charge >= 0.3 is 0 Å². The molecule has 0 radical (unpaired) electrons. The molecule has 0 fully saturated rings. The average Bonchev–Trinajstić information content (AvgIpc) is 2.37. The van der Waals surface area contributed by atoms with Gasteiger partial charge in [-0.3, -0.25) is 4.21 Å². The van der Waals surface area contributed by atoms with Crippen LogP contribution in [0, 0.1) is 22.6 Å². The first-order valence-electron chi connectivity index (χ1n) is 6.20. The zero-order chi connectivity index (χ0) is 14.5. The molecule has 1 rings (SSSR count). The molecule has 1 unspecified atom stereocenters. The number of nitrogen functional groups attached to an aromatic ring is 1. The van der Waals surface area contributed by atoms with Crippen LogP contribution in [-0.2, 0) is 10.8 Å². The first-order valence-corrected chi connectivity index (χ1v) is 7.52. The van der Waals surface area contributed by atoms with Crippen molar-refractivity contribution >= 4 is 16.5 Å². The summed E-state index contributed by atoms with van der Waals surface area (Å²) in [5.74, 6) is 0.0120. The molecule has 0 heterocycles. The minimum atomic E-state index is -1.28.